The van der Waals surface area contributed by atoms with Crippen LogP contribution in [0.5, 0.6) is 17.2 Å². The van der Waals surface area contributed by atoms with Gasteiger partial charge in [-0.3, -0.25) is 0 Å². The van der Waals surface area contributed by atoms with E-state index in [0.29, 0.717) is 42.8 Å². The summed E-state index contributed by atoms with van der Waals surface area (Å²) < 4.78 is 17.8. The summed E-state index contributed by atoms with van der Waals surface area (Å²) in [5.41, 5.74) is 0.421. The van der Waals surface area contributed by atoms with Crippen LogP contribution in [0.1, 0.15) is 0 Å². The van der Waals surface area contributed by atoms with Crippen molar-refractivity contribution in [2.75, 3.05) is 81.7 Å². The van der Waals surface area contributed by atoms with Gasteiger partial charge in [-0.1, -0.05) is 0 Å². The maximum atomic E-state index is 10.7. The van der Waals surface area contributed by atoms with Gasteiger partial charge in [0.15, 0.2) is 11.5 Å². The predicted octanol–water partition coefficient (Wildman–Crippen LogP) is 1.48. The Hall–Kier alpha value is -2.12. The zero-order valence-corrected chi connectivity index (χ0v) is 17.3. The van der Waals surface area contributed by atoms with Gasteiger partial charge in [-0.15, -0.1) is 0 Å². The van der Waals surface area contributed by atoms with Crippen LogP contribution in [0.3, 0.4) is 0 Å². The Morgan fingerprint density at radius 1 is 0.778 bits per heavy atom. The summed E-state index contributed by atoms with van der Waals surface area (Å²) >= 11 is 0. The lowest BCUT2D eigenvalue weighted by Crippen LogP contribution is -2.22. The number of hydrogen-bond acceptors (Lipinski definition) is 8. The van der Waals surface area contributed by atoms with Gasteiger partial charge in [0.1, 0.15) is 19.8 Å². The smallest absolute Gasteiger partial charge is 0.240 e. The van der Waals surface area contributed by atoms with Crippen molar-refractivity contribution in [1.29, 1.82) is 0 Å². The molecule has 0 aliphatic carbocycles. The van der Waals surface area contributed by atoms with Crippen molar-refractivity contribution < 1.29 is 19.0 Å². The molecule has 1 aromatic rings. The number of carbonyl (C=O) groups excluding carboxylic acids is 1. The zero-order valence-electron chi connectivity index (χ0n) is 17.3. The van der Waals surface area contributed by atoms with Gasteiger partial charge in [-0.05, 0) is 42.3 Å². The van der Waals surface area contributed by atoms with Crippen LogP contribution in [0.15, 0.2) is 17.1 Å². The molecule has 8 heteroatoms. The summed E-state index contributed by atoms with van der Waals surface area (Å²) in [6.07, 6.45) is 1.56. The molecule has 152 valence electrons. The van der Waals surface area contributed by atoms with E-state index in [1.165, 1.54) is 0 Å². The van der Waals surface area contributed by atoms with E-state index in [1.807, 2.05) is 57.0 Å². The summed E-state index contributed by atoms with van der Waals surface area (Å²) in [5.74, 6) is 1.54. The molecule has 0 fully saturated rings. The van der Waals surface area contributed by atoms with Gasteiger partial charge >= 0.3 is 0 Å². The molecule has 0 atom stereocenters. The van der Waals surface area contributed by atoms with E-state index in [1.54, 1.807) is 18.2 Å². The number of likely N-dealkylation sites (N-methyl/N-ethyl adjacent to an activating group) is 3. The molecule has 0 saturated heterocycles. The maximum absolute atomic E-state index is 10.7. The number of nitrogens with zero attached hydrogens (tertiary/aromatic N) is 4. The number of aliphatic imine (C=N–C) groups is 1. The van der Waals surface area contributed by atoms with Gasteiger partial charge in [0.2, 0.25) is 11.8 Å². The highest BCUT2D eigenvalue weighted by molar-refractivity contribution is 5.62. The standard InChI is InChI=1S/C19H32N4O4/c1-21(2)7-10-25-17-13-16(20-15-24)14-18(26-11-8-22(3)4)19(17)27-12-9-23(5)6/h13-14H,7-12H2,1-6H3. The summed E-state index contributed by atoms with van der Waals surface area (Å²) in [6.45, 7) is 3.68. The van der Waals surface area contributed by atoms with E-state index in [2.05, 4.69) is 4.99 Å². The molecule has 0 unspecified atom stereocenters. The van der Waals surface area contributed by atoms with E-state index in [-0.39, 0.29) is 0 Å². The minimum atomic E-state index is 0.421. The van der Waals surface area contributed by atoms with Crippen LogP contribution in [0, 0.1) is 0 Å². The summed E-state index contributed by atoms with van der Waals surface area (Å²) in [4.78, 5) is 20.5. The lowest BCUT2D eigenvalue weighted by Gasteiger charge is -2.20. The van der Waals surface area contributed by atoms with Crippen LogP contribution < -0.4 is 14.2 Å². The van der Waals surface area contributed by atoms with Gasteiger partial charge in [0.05, 0.1) is 5.69 Å². The van der Waals surface area contributed by atoms with Crippen LogP contribution in [-0.2, 0) is 4.79 Å². The second-order valence-electron chi connectivity index (χ2n) is 6.93. The predicted molar refractivity (Wildman–Crippen MR) is 106 cm³/mol. The lowest BCUT2D eigenvalue weighted by molar-refractivity contribution is 0.208. The van der Waals surface area contributed by atoms with Gasteiger partial charge in [0, 0.05) is 31.8 Å². The van der Waals surface area contributed by atoms with Crippen LogP contribution in [0.2, 0.25) is 0 Å². The normalized spacial score (nSPS) is 11.0. The fourth-order valence-corrected chi connectivity index (χ4v) is 2.04. The third-order valence-electron chi connectivity index (χ3n) is 3.56. The van der Waals surface area contributed by atoms with E-state index in [9.17, 15) is 4.79 Å². The number of rotatable bonds is 13. The summed E-state index contributed by atoms with van der Waals surface area (Å²) in [6, 6.07) is 3.34. The first-order valence-electron chi connectivity index (χ1n) is 8.92. The largest absolute Gasteiger partial charge is 0.488 e. The average molecular weight is 380 g/mol. The topological polar surface area (TPSA) is 66.8 Å². The van der Waals surface area contributed by atoms with Crippen molar-refractivity contribution in [3.05, 3.63) is 12.1 Å². The third-order valence-corrected chi connectivity index (χ3v) is 3.56. The van der Waals surface area contributed by atoms with Gasteiger partial charge in [-0.2, -0.15) is 4.99 Å². The highest BCUT2D eigenvalue weighted by Gasteiger charge is 2.16. The molecule has 0 aliphatic rings. The molecule has 0 aliphatic heterocycles. The van der Waals surface area contributed by atoms with Gasteiger partial charge < -0.3 is 28.9 Å². The minimum Gasteiger partial charge on any atom is -0.488 e. The molecule has 0 radical (unpaired) electrons. The monoisotopic (exact) mass is 380 g/mol. The maximum Gasteiger partial charge on any atom is 0.240 e. The first kappa shape index (κ1) is 22.9. The zero-order chi connectivity index (χ0) is 20.2. The van der Waals surface area contributed by atoms with E-state index in [0.717, 1.165) is 19.6 Å². The molecule has 0 spiro atoms. The van der Waals surface area contributed by atoms with Crippen LogP contribution in [-0.4, -0.2) is 103 Å². The number of hydrogen-bond donors (Lipinski definition) is 0. The molecule has 1 aromatic carbocycles. The average Bonchev–Trinajstić information content (AvgIpc) is 2.56. The van der Waals surface area contributed by atoms with Crippen LogP contribution in [0.4, 0.5) is 5.69 Å². The van der Waals surface area contributed by atoms with E-state index < -0.39 is 0 Å². The lowest BCUT2D eigenvalue weighted by atomic mass is 10.2. The Bertz CT molecular complexity index is 579. The van der Waals surface area contributed by atoms with Crippen molar-refractivity contribution in [1.82, 2.24) is 14.7 Å². The number of ether oxygens (including phenoxy) is 3. The van der Waals surface area contributed by atoms with Crippen molar-refractivity contribution in [3.8, 4) is 17.2 Å². The first-order chi connectivity index (χ1) is 12.8. The van der Waals surface area contributed by atoms with Crippen molar-refractivity contribution in [3.63, 3.8) is 0 Å². The molecule has 0 bridgehead atoms. The molecule has 0 heterocycles. The molecule has 0 aromatic heterocycles. The molecule has 27 heavy (non-hydrogen) atoms. The minimum absolute atomic E-state index is 0.421. The first-order valence-corrected chi connectivity index (χ1v) is 8.92. The second kappa shape index (κ2) is 12.3. The van der Waals surface area contributed by atoms with Crippen molar-refractivity contribution in [2.45, 2.75) is 0 Å². The quantitative estimate of drug-likeness (QED) is 0.379. The SMILES string of the molecule is CN(C)CCOc1cc(N=C=O)cc(OCCN(C)C)c1OCCN(C)C. The van der Waals surface area contributed by atoms with Gasteiger partial charge in [0.25, 0.3) is 0 Å². The Morgan fingerprint density at radius 3 is 1.56 bits per heavy atom. The van der Waals surface area contributed by atoms with E-state index >= 15 is 0 Å². The fourth-order valence-electron chi connectivity index (χ4n) is 2.04. The number of benzene rings is 1. The molecule has 8 nitrogen and oxygen atoms in total. The summed E-state index contributed by atoms with van der Waals surface area (Å²) in [7, 11) is 11.9. The number of isocyanates is 1. The van der Waals surface area contributed by atoms with Crippen molar-refractivity contribution in [2.24, 2.45) is 4.99 Å². The Kier molecular flexibility index (Phi) is 10.4. The highest BCUT2D eigenvalue weighted by Crippen LogP contribution is 2.41. The molecule has 1 rings (SSSR count). The molecular weight excluding hydrogens is 348 g/mol. The van der Waals surface area contributed by atoms with Gasteiger partial charge in [-0.25, -0.2) is 4.79 Å². The highest BCUT2D eigenvalue weighted by atomic mass is 16.5. The Morgan fingerprint density at radius 2 is 1.19 bits per heavy atom. The fraction of sp³-hybridized carbons (Fsp3) is 0.632. The third kappa shape index (κ3) is 9.40. The summed E-state index contributed by atoms with van der Waals surface area (Å²) in [5, 5.41) is 0. The molecule has 0 N–H and O–H groups in total. The molecule has 0 amide bonds. The van der Waals surface area contributed by atoms with Crippen LogP contribution >= 0.6 is 0 Å². The second-order valence-corrected chi connectivity index (χ2v) is 6.93. The van der Waals surface area contributed by atoms with Crippen molar-refractivity contribution >= 4 is 11.8 Å². The Balaban J connectivity index is 3.10. The molecular formula is C19H32N4O4. The molecule has 0 saturated carbocycles. The van der Waals surface area contributed by atoms with E-state index in [4.69, 9.17) is 14.2 Å². The van der Waals surface area contributed by atoms with Crippen LogP contribution in [0.25, 0.3) is 0 Å². The Labute approximate surface area is 162 Å².